The van der Waals surface area contributed by atoms with E-state index in [1.807, 2.05) is 32.0 Å². The van der Waals surface area contributed by atoms with Crippen molar-refractivity contribution in [2.45, 2.75) is 26.4 Å². The van der Waals surface area contributed by atoms with E-state index in [0.717, 1.165) is 29.1 Å². The smallest absolute Gasteiger partial charge is 0.122 e. The number of ether oxygens (including phenoxy) is 1. The predicted octanol–water partition coefficient (Wildman–Crippen LogP) is 3.18. The van der Waals surface area contributed by atoms with E-state index in [4.69, 9.17) is 4.74 Å². The molecular weight excluding hydrogens is 220 g/mol. The summed E-state index contributed by atoms with van der Waals surface area (Å²) in [7, 11) is 0. The third kappa shape index (κ3) is 3.72. The van der Waals surface area contributed by atoms with Crippen LogP contribution < -0.4 is 4.74 Å². The summed E-state index contributed by atoms with van der Waals surface area (Å²) in [5.74, 6) is 1.89. The number of aliphatic hydroxyl groups excluding tert-OH is 1. The molecule has 0 fully saturated rings. The Kier molecular flexibility index (Phi) is 5.71. The average molecular weight is 240 g/mol. The van der Waals surface area contributed by atoms with Gasteiger partial charge in [0.05, 0.1) is 12.7 Å². The van der Waals surface area contributed by atoms with Crippen molar-refractivity contribution in [3.8, 4) is 5.75 Å². The quantitative estimate of drug-likeness (QED) is 0.828. The van der Waals surface area contributed by atoms with Crippen molar-refractivity contribution in [1.82, 2.24) is 0 Å². The molecule has 2 nitrogen and oxygen atoms in total. The fourth-order valence-corrected chi connectivity index (χ4v) is 2.05. The fourth-order valence-electron chi connectivity index (χ4n) is 1.59. The summed E-state index contributed by atoms with van der Waals surface area (Å²) in [5, 5.41) is 9.94. The summed E-state index contributed by atoms with van der Waals surface area (Å²) in [4.78, 5) is 0. The van der Waals surface area contributed by atoms with Gasteiger partial charge in [0.2, 0.25) is 0 Å². The summed E-state index contributed by atoms with van der Waals surface area (Å²) in [6.45, 7) is 4.66. The maximum Gasteiger partial charge on any atom is 0.122 e. The molecule has 0 aliphatic heterocycles. The van der Waals surface area contributed by atoms with E-state index in [-0.39, 0.29) is 6.10 Å². The molecule has 3 heteroatoms. The Hall–Kier alpha value is -0.670. The first-order chi connectivity index (χ1) is 7.69. The van der Waals surface area contributed by atoms with Gasteiger partial charge in [0.25, 0.3) is 0 Å². The highest BCUT2D eigenvalue weighted by atomic mass is 32.2. The SMILES string of the molecule is CCOc1ccc(C(O)CCSC)cc1C. The second kappa shape index (κ2) is 6.81. The molecule has 1 atom stereocenters. The monoisotopic (exact) mass is 240 g/mol. The van der Waals surface area contributed by atoms with Crippen LogP contribution in [0.5, 0.6) is 5.75 Å². The summed E-state index contributed by atoms with van der Waals surface area (Å²) < 4.78 is 5.47. The minimum absolute atomic E-state index is 0.359. The van der Waals surface area contributed by atoms with E-state index in [9.17, 15) is 5.11 Å². The Balaban J connectivity index is 2.71. The number of benzene rings is 1. The molecule has 0 saturated carbocycles. The van der Waals surface area contributed by atoms with Crippen LogP contribution in [0, 0.1) is 6.92 Å². The lowest BCUT2D eigenvalue weighted by molar-refractivity contribution is 0.175. The maximum absolute atomic E-state index is 9.94. The molecule has 1 rings (SSSR count). The van der Waals surface area contributed by atoms with Crippen molar-refractivity contribution in [2.24, 2.45) is 0 Å². The number of thioether (sulfide) groups is 1. The molecule has 1 aromatic rings. The lowest BCUT2D eigenvalue weighted by atomic mass is 10.0. The number of aryl methyl sites for hydroxylation is 1. The summed E-state index contributed by atoms with van der Waals surface area (Å²) in [6.07, 6.45) is 2.49. The summed E-state index contributed by atoms with van der Waals surface area (Å²) in [5.41, 5.74) is 2.07. The van der Waals surface area contributed by atoms with Gasteiger partial charge in [-0.2, -0.15) is 11.8 Å². The topological polar surface area (TPSA) is 29.5 Å². The van der Waals surface area contributed by atoms with Crippen molar-refractivity contribution in [3.63, 3.8) is 0 Å². The van der Waals surface area contributed by atoms with Crippen molar-refractivity contribution < 1.29 is 9.84 Å². The normalized spacial score (nSPS) is 12.5. The molecule has 0 saturated heterocycles. The van der Waals surface area contributed by atoms with Gasteiger partial charge in [-0.25, -0.2) is 0 Å². The van der Waals surface area contributed by atoms with Crippen molar-refractivity contribution in [3.05, 3.63) is 29.3 Å². The fraction of sp³-hybridized carbons (Fsp3) is 0.538. The van der Waals surface area contributed by atoms with Gasteiger partial charge in [-0.05, 0) is 55.5 Å². The molecule has 0 aliphatic rings. The zero-order valence-corrected chi connectivity index (χ0v) is 11.0. The van der Waals surface area contributed by atoms with Gasteiger partial charge >= 0.3 is 0 Å². The molecule has 1 N–H and O–H groups in total. The highest BCUT2D eigenvalue weighted by molar-refractivity contribution is 7.98. The first kappa shape index (κ1) is 13.4. The largest absolute Gasteiger partial charge is 0.494 e. The van der Waals surface area contributed by atoms with Gasteiger partial charge in [-0.3, -0.25) is 0 Å². The predicted molar refractivity (Wildman–Crippen MR) is 70.3 cm³/mol. The van der Waals surface area contributed by atoms with E-state index in [0.29, 0.717) is 6.61 Å². The standard InChI is InChI=1S/C13H20O2S/c1-4-15-13-6-5-11(9-10(13)2)12(14)7-8-16-3/h5-6,9,12,14H,4,7-8H2,1-3H3. The van der Waals surface area contributed by atoms with E-state index < -0.39 is 0 Å². The third-order valence-electron chi connectivity index (χ3n) is 2.48. The zero-order chi connectivity index (χ0) is 12.0. The Bertz CT molecular complexity index is 326. The number of hydrogen-bond donors (Lipinski definition) is 1. The highest BCUT2D eigenvalue weighted by Gasteiger charge is 2.09. The van der Waals surface area contributed by atoms with Crippen LogP contribution in [0.2, 0.25) is 0 Å². The average Bonchev–Trinajstić information content (AvgIpc) is 2.29. The van der Waals surface area contributed by atoms with Crippen LogP contribution in [-0.2, 0) is 0 Å². The minimum Gasteiger partial charge on any atom is -0.494 e. The van der Waals surface area contributed by atoms with E-state index >= 15 is 0 Å². The Morgan fingerprint density at radius 2 is 2.19 bits per heavy atom. The molecule has 16 heavy (non-hydrogen) atoms. The van der Waals surface area contributed by atoms with E-state index in [1.165, 1.54) is 0 Å². The molecule has 0 heterocycles. The second-order valence-electron chi connectivity index (χ2n) is 3.76. The second-order valence-corrected chi connectivity index (χ2v) is 4.74. The molecule has 0 amide bonds. The third-order valence-corrected chi connectivity index (χ3v) is 3.12. The highest BCUT2D eigenvalue weighted by Crippen LogP contribution is 2.25. The van der Waals surface area contributed by atoms with Crippen LogP contribution in [0.15, 0.2) is 18.2 Å². The van der Waals surface area contributed by atoms with E-state index in [1.54, 1.807) is 11.8 Å². The van der Waals surface area contributed by atoms with Crippen LogP contribution in [0.1, 0.15) is 30.6 Å². The Morgan fingerprint density at radius 1 is 1.44 bits per heavy atom. The molecule has 0 spiro atoms. The zero-order valence-electron chi connectivity index (χ0n) is 10.2. The number of hydrogen-bond acceptors (Lipinski definition) is 3. The van der Waals surface area contributed by atoms with Gasteiger partial charge in [0, 0.05) is 0 Å². The van der Waals surface area contributed by atoms with Crippen LogP contribution >= 0.6 is 11.8 Å². The summed E-state index contributed by atoms with van der Waals surface area (Å²) >= 11 is 1.76. The lowest BCUT2D eigenvalue weighted by Gasteiger charge is -2.13. The Labute approximate surface area is 102 Å². The van der Waals surface area contributed by atoms with Gasteiger partial charge in [0.15, 0.2) is 0 Å². The van der Waals surface area contributed by atoms with Crippen LogP contribution in [0.4, 0.5) is 0 Å². The van der Waals surface area contributed by atoms with Crippen LogP contribution in [0.25, 0.3) is 0 Å². The lowest BCUT2D eigenvalue weighted by Crippen LogP contribution is -2.01. The van der Waals surface area contributed by atoms with Gasteiger partial charge in [0.1, 0.15) is 5.75 Å². The van der Waals surface area contributed by atoms with Gasteiger partial charge < -0.3 is 9.84 Å². The molecule has 0 radical (unpaired) electrons. The van der Waals surface area contributed by atoms with Crippen molar-refractivity contribution in [2.75, 3.05) is 18.6 Å². The van der Waals surface area contributed by atoms with Crippen molar-refractivity contribution in [1.29, 1.82) is 0 Å². The maximum atomic E-state index is 9.94. The van der Waals surface area contributed by atoms with Crippen LogP contribution in [-0.4, -0.2) is 23.7 Å². The number of rotatable bonds is 6. The Morgan fingerprint density at radius 3 is 2.75 bits per heavy atom. The molecule has 0 aliphatic carbocycles. The van der Waals surface area contributed by atoms with Crippen molar-refractivity contribution >= 4 is 11.8 Å². The number of aliphatic hydroxyl groups is 1. The molecule has 0 aromatic heterocycles. The van der Waals surface area contributed by atoms with Gasteiger partial charge in [-0.1, -0.05) is 6.07 Å². The van der Waals surface area contributed by atoms with E-state index in [2.05, 4.69) is 6.26 Å². The first-order valence-electron chi connectivity index (χ1n) is 5.59. The molecular formula is C13H20O2S. The minimum atomic E-state index is -0.359. The molecule has 90 valence electrons. The molecule has 1 unspecified atom stereocenters. The van der Waals surface area contributed by atoms with Crippen LogP contribution in [0.3, 0.4) is 0 Å². The first-order valence-corrected chi connectivity index (χ1v) is 6.98. The summed E-state index contributed by atoms with van der Waals surface area (Å²) in [6, 6.07) is 5.90. The molecule has 0 bridgehead atoms. The molecule has 1 aromatic carbocycles. The van der Waals surface area contributed by atoms with Gasteiger partial charge in [-0.15, -0.1) is 0 Å².